The van der Waals surface area contributed by atoms with E-state index in [0.29, 0.717) is 15.0 Å². The highest BCUT2D eigenvalue weighted by Gasteiger charge is 2.36. The Balaban J connectivity index is 2.04. The summed E-state index contributed by atoms with van der Waals surface area (Å²) in [5, 5.41) is 11.0. The highest BCUT2D eigenvalue weighted by molar-refractivity contribution is 8.26. The van der Waals surface area contributed by atoms with Crippen LogP contribution in [0.25, 0.3) is 6.08 Å². The van der Waals surface area contributed by atoms with Gasteiger partial charge in [-0.15, -0.1) is 0 Å². The van der Waals surface area contributed by atoms with Crippen LogP contribution in [-0.2, 0) is 15.6 Å². The van der Waals surface area contributed by atoms with Crippen molar-refractivity contribution in [3.8, 4) is 5.75 Å². The maximum atomic E-state index is 13.3. The number of phenols is 1. The molecule has 1 atom stereocenters. The Bertz CT molecular complexity index is 1010. The number of aromatic hydroxyl groups is 1. The van der Waals surface area contributed by atoms with Gasteiger partial charge in [-0.25, -0.2) is 0 Å². The molecular formula is C26H31NO2S2. The monoisotopic (exact) mass is 453 g/mol. The molecule has 164 valence electrons. The molecule has 1 aliphatic rings. The minimum absolute atomic E-state index is 0.0750. The van der Waals surface area contributed by atoms with Gasteiger partial charge in [-0.3, -0.25) is 9.69 Å². The minimum Gasteiger partial charge on any atom is -0.507 e. The summed E-state index contributed by atoms with van der Waals surface area (Å²) < 4.78 is 0.568. The van der Waals surface area contributed by atoms with Crippen molar-refractivity contribution in [3.05, 3.63) is 69.6 Å². The summed E-state index contributed by atoms with van der Waals surface area (Å²) in [6.45, 7) is 14.5. The molecule has 1 heterocycles. The fourth-order valence-corrected chi connectivity index (χ4v) is 5.15. The molecule has 0 saturated carbocycles. The Kier molecular flexibility index (Phi) is 6.41. The van der Waals surface area contributed by atoms with Gasteiger partial charge < -0.3 is 5.11 Å². The van der Waals surface area contributed by atoms with Crippen molar-refractivity contribution in [1.29, 1.82) is 0 Å². The molecule has 0 bridgehead atoms. The molecule has 0 aliphatic carbocycles. The van der Waals surface area contributed by atoms with Gasteiger partial charge in [0.05, 0.1) is 10.9 Å². The van der Waals surface area contributed by atoms with Crippen LogP contribution in [0.5, 0.6) is 5.75 Å². The molecule has 1 unspecified atom stereocenters. The predicted molar refractivity (Wildman–Crippen MR) is 135 cm³/mol. The fourth-order valence-electron chi connectivity index (χ4n) is 3.73. The second kappa shape index (κ2) is 8.44. The Labute approximate surface area is 195 Å². The van der Waals surface area contributed by atoms with E-state index in [-0.39, 0.29) is 22.8 Å². The summed E-state index contributed by atoms with van der Waals surface area (Å²) in [6.07, 6.45) is 1.90. The summed E-state index contributed by atoms with van der Waals surface area (Å²) >= 11 is 6.90. The number of nitrogens with zero attached hydrogens (tertiary/aromatic N) is 1. The van der Waals surface area contributed by atoms with Crippen LogP contribution in [0.15, 0.2) is 47.4 Å². The second-order valence-electron chi connectivity index (χ2n) is 10.1. The molecule has 1 aliphatic heterocycles. The number of amides is 1. The first-order valence-electron chi connectivity index (χ1n) is 10.5. The maximum Gasteiger partial charge on any atom is 0.266 e. The smallest absolute Gasteiger partial charge is 0.266 e. The normalized spacial score (nSPS) is 17.5. The molecule has 1 fully saturated rings. The standard InChI is InChI=1S/C26H31NO2S2/c1-16(18-11-9-8-10-12-18)27-23(29)21(31-24(27)30)15-17-13-19(25(2,3)4)22(28)20(14-17)26(5,6)7/h8-16,28H,1-7H3/b21-15-. The van der Waals surface area contributed by atoms with E-state index in [4.69, 9.17) is 12.2 Å². The Morgan fingerprint density at radius 3 is 2.00 bits per heavy atom. The van der Waals surface area contributed by atoms with E-state index in [1.807, 2.05) is 55.5 Å². The van der Waals surface area contributed by atoms with Crippen LogP contribution in [0.4, 0.5) is 0 Å². The average molecular weight is 454 g/mol. The van der Waals surface area contributed by atoms with Crippen molar-refractivity contribution >= 4 is 40.3 Å². The number of thiocarbonyl (C=S) groups is 1. The summed E-state index contributed by atoms with van der Waals surface area (Å²) in [4.78, 5) is 15.6. The molecule has 0 aromatic heterocycles. The lowest BCUT2D eigenvalue weighted by Gasteiger charge is -2.28. The van der Waals surface area contributed by atoms with E-state index < -0.39 is 0 Å². The van der Waals surface area contributed by atoms with Gasteiger partial charge in [-0.2, -0.15) is 0 Å². The number of rotatable bonds is 3. The number of hydrogen-bond acceptors (Lipinski definition) is 4. The van der Waals surface area contributed by atoms with E-state index in [1.165, 1.54) is 11.8 Å². The van der Waals surface area contributed by atoms with Crippen LogP contribution < -0.4 is 0 Å². The first kappa shape index (κ1) is 23.6. The summed E-state index contributed by atoms with van der Waals surface area (Å²) in [5.74, 6) is 0.261. The van der Waals surface area contributed by atoms with Gasteiger partial charge in [0.25, 0.3) is 5.91 Å². The second-order valence-corrected chi connectivity index (χ2v) is 11.8. The van der Waals surface area contributed by atoms with Crippen molar-refractivity contribution in [2.24, 2.45) is 0 Å². The van der Waals surface area contributed by atoms with Crippen molar-refractivity contribution in [3.63, 3.8) is 0 Å². The van der Waals surface area contributed by atoms with Gasteiger partial charge in [-0.05, 0) is 47.1 Å². The zero-order chi connectivity index (χ0) is 23.1. The summed E-state index contributed by atoms with van der Waals surface area (Å²) in [7, 11) is 0. The van der Waals surface area contributed by atoms with Crippen molar-refractivity contribution in [2.75, 3.05) is 0 Å². The predicted octanol–water partition coefficient (Wildman–Crippen LogP) is 6.95. The van der Waals surface area contributed by atoms with E-state index in [9.17, 15) is 9.90 Å². The minimum atomic E-state index is -0.228. The highest BCUT2D eigenvalue weighted by Crippen LogP contribution is 2.42. The molecule has 2 aromatic rings. The zero-order valence-electron chi connectivity index (χ0n) is 19.3. The van der Waals surface area contributed by atoms with Crippen molar-refractivity contribution in [2.45, 2.75) is 65.3 Å². The number of carbonyl (C=O) groups excluding carboxylic acids is 1. The lowest BCUT2D eigenvalue weighted by molar-refractivity contribution is -0.123. The molecule has 1 saturated heterocycles. The first-order valence-corrected chi connectivity index (χ1v) is 11.7. The van der Waals surface area contributed by atoms with E-state index in [1.54, 1.807) is 4.90 Å². The molecule has 1 N–H and O–H groups in total. The third-order valence-corrected chi connectivity index (χ3v) is 6.87. The number of hydrogen-bond donors (Lipinski definition) is 1. The molecule has 31 heavy (non-hydrogen) atoms. The number of carbonyl (C=O) groups is 1. The summed E-state index contributed by atoms with van der Waals surface area (Å²) in [6, 6.07) is 13.8. The lowest BCUT2D eigenvalue weighted by Crippen LogP contribution is -2.30. The fraction of sp³-hybridized carbons (Fsp3) is 0.385. The van der Waals surface area contributed by atoms with Crippen LogP contribution in [-0.4, -0.2) is 20.2 Å². The Morgan fingerprint density at radius 1 is 1.00 bits per heavy atom. The van der Waals surface area contributed by atoms with Crippen LogP contribution >= 0.6 is 24.0 Å². The van der Waals surface area contributed by atoms with E-state index >= 15 is 0 Å². The zero-order valence-corrected chi connectivity index (χ0v) is 20.9. The third kappa shape index (κ3) is 4.88. The first-order chi connectivity index (χ1) is 14.3. The molecule has 5 heteroatoms. The molecule has 2 aromatic carbocycles. The van der Waals surface area contributed by atoms with Gasteiger partial charge in [-0.1, -0.05) is 95.9 Å². The number of thioether (sulfide) groups is 1. The molecule has 0 spiro atoms. The third-order valence-electron chi connectivity index (χ3n) is 5.54. The van der Waals surface area contributed by atoms with Gasteiger partial charge in [0, 0.05) is 11.1 Å². The van der Waals surface area contributed by atoms with Gasteiger partial charge in [0.2, 0.25) is 0 Å². The van der Waals surface area contributed by atoms with Gasteiger partial charge in [0.1, 0.15) is 10.1 Å². The number of phenolic OH excluding ortho intramolecular Hbond substituents is 1. The Hall–Kier alpha value is -2.11. The van der Waals surface area contributed by atoms with E-state index in [0.717, 1.165) is 22.3 Å². The SMILES string of the molecule is CC(c1ccccc1)N1C(=O)/C(=C/c2cc(C(C)(C)C)c(O)c(C(C)(C)C)c2)SC1=S. The Morgan fingerprint density at radius 2 is 1.52 bits per heavy atom. The van der Waals surface area contributed by atoms with E-state index in [2.05, 4.69) is 41.5 Å². The van der Waals surface area contributed by atoms with Crippen LogP contribution in [0.3, 0.4) is 0 Å². The van der Waals surface area contributed by atoms with Crippen LogP contribution in [0.2, 0.25) is 0 Å². The molecular weight excluding hydrogens is 422 g/mol. The highest BCUT2D eigenvalue weighted by atomic mass is 32.2. The van der Waals surface area contributed by atoms with Crippen molar-refractivity contribution in [1.82, 2.24) is 4.90 Å². The largest absolute Gasteiger partial charge is 0.507 e. The van der Waals surface area contributed by atoms with Gasteiger partial charge in [0.15, 0.2) is 0 Å². The van der Waals surface area contributed by atoms with Crippen molar-refractivity contribution < 1.29 is 9.90 Å². The molecule has 3 nitrogen and oxygen atoms in total. The molecule has 0 radical (unpaired) electrons. The van der Waals surface area contributed by atoms with Gasteiger partial charge >= 0.3 is 0 Å². The lowest BCUT2D eigenvalue weighted by atomic mass is 9.78. The number of benzene rings is 2. The topological polar surface area (TPSA) is 40.5 Å². The average Bonchev–Trinajstić information content (AvgIpc) is 2.94. The van der Waals surface area contributed by atoms with Crippen LogP contribution in [0, 0.1) is 0 Å². The summed E-state index contributed by atoms with van der Waals surface area (Å²) in [5.41, 5.74) is 3.25. The van der Waals surface area contributed by atoms with Crippen LogP contribution in [0.1, 0.15) is 76.8 Å². The molecule has 1 amide bonds. The molecule has 3 rings (SSSR count). The maximum absolute atomic E-state index is 13.3. The quantitative estimate of drug-likeness (QED) is 0.403.